The molecule has 0 bridgehead atoms. The van der Waals surface area contributed by atoms with Gasteiger partial charge in [-0.3, -0.25) is 0 Å². The predicted octanol–water partition coefficient (Wildman–Crippen LogP) is 0.653. The first kappa shape index (κ1) is 6.62. The summed E-state index contributed by atoms with van der Waals surface area (Å²) in [6.07, 6.45) is 5.82. The highest BCUT2D eigenvalue weighted by Gasteiger charge is 2.40. The lowest BCUT2D eigenvalue weighted by molar-refractivity contribution is 0.0382. The van der Waals surface area contributed by atoms with Gasteiger partial charge in [0.1, 0.15) is 0 Å². The highest BCUT2D eigenvalue weighted by molar-refractivity contribution is 4.99. The Morgan fingerprint density at radius 1 is 1.40 bits per heavy atom. The molecular formula is C8H15NO. The van der Waals surface area contributed by atoms with E-state index in [0.717, 1.165) is 19.4 Å². The molecule has 2 N–H and O–H groups in total. The summed E-state index contributed by atoms with van der Waals surface area (Å²) in [4.78, 5) is 0. The molecule has 1 saturated carbocycles. The lowest BCUT2D eigenvalue weighted by atomic mass is 9.71. The molecule has 2 nitrogen and oxygen atoms in total. The number of rotatable bonds is 0. The number of aliphatic hydroxyl groups excluding tert-OH is 1. The molecule has 0 aromatic carbocycles. The van der Waals surface area contributed by atoms with Crippen molar-refractivity contribution < 1.29 is 5.11 Å². The van der Waals surface area contributed by atoms with Crippen LogP contribution in [0, 0.1) is 0 Å². The Kier molecular flexibility index (Phi) is 1.46. The number of aliphatic hydroxyl groups is 1. The van der Waals surface area contributed by atoms with Gasteiger partial charge in [0.2, 0.25) is 0 Å². The Hall–Kier alpha value is -0.0800. The molecule has 1 spiro atoms. The van der Waals surface area contributed by atoms with Gasteiger partial charge in [-0.15, -0.1) is 0 Å². The molecule has 1 aliphatic carbocycles. The quantitative estimate of drug-likeness (QED) is 0.519. The first-order chi connectivity index (χ1) is 4.81. The molecule has 2 heteroatoms. The molecule has 0 aromatic heterocycles. The van der Waals surface area contributed by atoms with Crippen LogP contribution in [0.15, 0.2) is 0 Å². The molecule has 2 fully saturated rings. The second-order valence-electron chi connectivity index (χ2n) is 3.71. The van der Waals surface area contributed by atoms with E-state index in [9.17, 15) is 5.11 Å². The van der Waals surface area contributed by atoms with Crippen LogP contribution in [-0.4, -0.2) is 23.3 Å². The zero-order valence-corrected chi connectivity index (χ0v) is 6.27. The van der Waals surface area contributed by atoms with E-state index in [2.05, 4.69) is 5.32 Å². The summed E-state index contributed by atoms with van der Waals surface area (Å²) in [5.41, 5.74) is 0.373. The van der Waals surface area contributed by atoms with Crippen LogP contribution in [0.4, 0.5) is 0 Å². The van der Waals surface area contributed by atoms with E-state index >= 15 is 0 Å². The van der Waals surface area contributed by atoms with E-state index in [1.807, 2.05) is 0 Å². The van der Waals surface area contributed by atoms with Crippen LogP contribution in [0.1, 0.15) is 32.1 Å². The molecule has 1 atom stereocenters. The maximum atomic E-state index is 9.37. The Bertz CT molecular complexity index is 131. The monoisotopic (exact) mass is 141 g/mol. The number of hydrogen-bond donors (Lipinski definition) is 2. The molecule has 2 aliphatic rings. The normalized spacial score (nSPS) is 37.5. The average Bonchev–Trinajstić information content (AvgIpc) is 1.85. The van der Waals surface area contributed by atoms with Crippen molar-refractivity contribution in [1.82, 2.24) is 5.32 Å². The minimum atomic E-state index is -0.0263. The van der Waals surface area contributed by atoms with Gasteiger partial charge in [-0.1, -0.05) is 0 Å². The van der Waals surface area contributed by atoms with Gasteiger partial charge in [0, 0.05) is 5.54 Å². The maximum absolute atomic E-state index is 9.37. The van der Waals surface area contributed by atoms with Crippen molar-refractivity contribution in [2.75, 3.05) is 6.54 Å². The zero-order valence-electron chi connectivity index (χ0n) is 6.27. The summed E-state index contributed by atoms with van der Waals surface area (Å²) >= 11 is 0. The minimum absolute atomic E-state index is 0.0263. The highest BCUT2D eigenvalue weighted by atomic mass is 16.3. The van der Waals surface area contributed by atoms with Gasteiger partial charge < -0.3 is 10.4 Å². The van der Waals surface area contributed by atoms with Gasteiger partial charge in [-0.05, 0) is 38.6 Å². The maximum Gasteiger partial charge on any atom is 0.0569 e. The fourth-order valence-electron chi connectivity index (χ4n) is 2.11. The smallest absolute Gasteiger partial charge is 0.0569 e. The van der Waals surface area contributed by atoms with Crippen molar-refractivity contribution in [3.8, 4) is 0 Å². The van der Waals surface area contributed by atoms with Crippen LogP contribution in [0.2, 0.25) is 0 Å². The van der Waals surface area contributed by atoms with Gasteiger partial charge in [0.05, 0.1) is 6.10 Å². The van der Waals surface area contributed by atoms with Crippen molar-refractivity contribution in [3.63, 3.8) is 0 Å². The Balaban J connectivity index is 1.96. The van der Waals surface area contributed by atoms with Crippen LogP contribution in [0.25, 0.3) is 0 Å². The SMILES string of the molecule is O[C@@H]1CCNC2(CCC2)C1. The number of piperidine rings is 1. The van der Waals surface area contributed by atoms with E-state index < -0.39 is 0 Å². The summed E-state index contributed by atoms with van der Waals surface area (Å²) in [5.74, 6) is 0. The van der Waals surface area contributed by atoms with E-state index in [1.54, 1.807) is 0 Å². The lowest BCUT2D eigenvalue weighted by Crippen LogP contribution is -2.56. The molecule has 0 amide bonds. The highest BCUT2D eigenvalue weighted by Crippen LogP contribution is 2.38. The topological polar surface area (TPSA) is 32.3 Å². The molecular weight excluding hydrogens is 126 g/mol. The van der Waals surface area contributed by atoms with Crippen LogP contribution in [0.3, 0.4) is 0 Å². The first-order valence-corrected chi connectivity index (χ1v) is 4.24. The minimum Gasteiger partial charge on any atom is -0.393 e. The number of nitrogens with one attached hydrogen (secondary N) is 1. The summed E-state index contributed by atoms with van der Waals surface area (Å²) < 4.78 is 0. The van der Waals surface area contributed by atoms with Crippen molar-refractivity contribution in [3.05, 3.63) is 0 Å². The second-order valence-corrected chi connectivity index (χ2v) is 3.71. The van der Waals surface area contributed by atoms with E-state index in [0.29, 0.717) is 5.54 Å². The molecule has 1 aliphatic heterocycles. The molecule has 2 rings (SSSR count). The third kappa shape index (κ3) is 0.956. The van der Waals surface area contributed by atoms with Gasteiger partial charge in [0.15, 0.2) is 0 Å². The third-order valence-corrected chi connectivity index (χ3v) is 2.91. The largest absolute Gasteiger partial charge is 0.393 e. The Morgan fingerprint density at radius 3 is 2.60 bits per heavy atom. The van der Waals surface area contributed by atoms with E-state index in [1.165, 1.54) is 19.3 Å². The van der Waals surface area contributed by atoms with Crippen molar-refractivity contribution >= 4 is 0 Å². The summed E-state index contributed by atoms with van der Waals surface area (Å²) in [7, 11) is 0. The lowest BCUT2D eigenvalue weighted by Gasteiger charge is -2.47. The average molecular weight is 141 g/mol. The van der Waals surface area contributed by atoms with Crippen LogP contribution >= 0.6 is 0 Å². The predicted molar refractivity (Wildman–Crippen MR) is 39.8 cm³/mol. The third-order valence-electron chi connectivity index (χ3n) is 2.91. The van der Waals surface area contributed by atoms with Crippen molar-refractivity contribution in [2.24, 2.45) is 0 Å². The standard InChI is InChI=1S/C8H15NO/c10-7-2-5-9-8(6-7)3-1-4-8/h7,9-10H,1-6H2/t7-/m1/s1. The fraction of sp³-hybridized carbons (Fsp3) is 1.00. The van der Waals surface area contributed by atoms with Gasteiger partial charge in [-0.2, -0.15) is 0 Å². The molecule has 58 valence electrons. The summed E-state index contributed by atoms with van der Waals surface area (Å²) in [5, 5.41) is 12.9. The second kappa shape index (κ2) is 2.21. The summed E-state index contributed by atoms with van der Waals surface area (Å²) in [6.45, 7) is 1.02. The molecule has 1 heterocycles. The van der Waals surface area contributed by atoms with Gasteiger partial charge >= 0.3 is 0 Å². The van der Waals surface area contributed by atoms with Gasteiger partial charge in [-0.25, -0.2) is 0 Å². The Labute approximate surface area is 61.6 Å². The molecule has 0 aromatic rings. The fourth-order valence-corrected chi connectivity index (χ4v) is 2.11. The van der Waals surface area contributed by atoms with Crippen molar-refractivity contribution in [1.29, 1.82) is 0 Å². The van der Waals surface area contributed by atoms with E-state index in [-0.39, 0.29) is 6.10 Å². The molecule has 1 saturated heterocycles. The van der Waals surface area contributed by atoms with Gasteiger partial charge in [0.25, 0.3) is 0 Å². The van der Waals surface area contributed by atoms with Crippen LogP contribution < -0.4 is 5.32 Å². The molecule has 0 unspecified atom stereocenters. The summed E-state index contributed by atoms with van der Waals surface area (Å²) in [6, 6.07) is 0. The first-order valence-electron chi connectivity index (χ1n) is 4.24. The van der Waals surface area contributed by atoms with Crippen molar-refractivity contribution in [2.45, 2.75) is 43.7 Å². The van der Waals surface area contributed by atoms with Crippen LogP contribution in [0.5, 0.6) is 0 Å². The molecule has 0 radical (unpaired) electrons. The van der Waals surface area contributed by atoms with Crippen LogP contribution in [-0.2, 0) is 0 Å². The molecule has 10 heavy (non-hydrogen) atoms. The van der Waals surface area contributed by atoms with E-state index in [4.69, 9.17) is 0 Å². The Morgan fingerprint density at radius 2 is 2.20 bits per heavy atom. The zero-order chi connectivity index (χ0) is 7.03. The number of hydrogen-bond acceptors (Lipinski definition) is 2.